The van der Waals surface area contributed by atoms with E-state index in [0.717, 1.165) is 35.5 Å². The number of ether oxygens (including phenoxy) is 1. The molecule has 0 atom stereocenters. The summed E-state index contributed by atoms with van der Waals surface area (Å²) < 4.78 is 5.48. The van der Waals surface area contributed by atoms with Gasteiger partial charge in [-0.15, -0.1) is 0 Å². The molecular formula is C15H20N4O. The fraction of sp³-hybridized carbons (Fsp3) is 0.400. The van der Waals surface area contributed by atoms with Crippen LogP contribution in [0.4, 0.5) is 5.95 Å². The molecule has 0 radical (unpaired) electrons. The van der Waals surface area contributed by atoms with Crippen molar-refractivity contribution >= 4 is 5.95 Å². The first-order valence-electron chi connectivity index (χ1n) is 6.90. The quantitative estimate of drug-likeness (QED) is 0.875. The summed E-state index contributed by atoms with van der Waals surface area (Å²) in [5.74, 6) is 1.40. The number of aromatic nitrogens is 3. The van der Waals surface area contributed by atoms with Gasteiger partial charge in [0, 0.05) is 24.5 Å². The Morgan fingerprint density at radius 3 is 2.80 bits per heavy atom. The molecule has 20 heavy (non-hydrogen) atoms. The number of hydrogen-bond donors (Lipinski definition) is 1. The molecule has 1 N–H and O–H groups in total. The number of hydrogen-bond acceptors (Lipinski definition) is 5. The molecule has 0 aliphatic carbocycles. The largest absolute Gasteiger partial charge is 0.492 e. The molecule has 0 bridgehead atoms. The van der Waals surface area contributed by atoms with Gasteiger partial charge in [0.1, 0.15) is 5.75 Å². The molecule has 5 nitrogen and oxygen atoms in total. The highest BCUT2D eigenvalue weighted by Gasteiger charge is 2.08. The van der Waals surface area contributed by atoms with Crippen molar-refractivity contribution in [2.45, 2.75) is 27.2 Å². The van der Waals surface area contributed by atoms with Crippen LogP contribution >= 0.6 is 0 Å². The Morgan fingerprint density at radius 1 is 1.20 bits per heavy atom. The van der Waals surface area contributed by atoms with Crippen LogP contribution in [0.15, 0.2) is 24.7 Å². The fourth-order valence-electron chi connectivity index (χ4n) is 1.85. The SMILES string of the molecule is CCCNc1ncc(C)c(-c2cncc(OCC)c2)n1. The van der Waals surface area contributed by atoms with E-state index in [4.69, 9.17) is 4.74 Å². The van der Waals surface area contributed by atoms with E-state index in [2.05, 4.69) is 27.2 Å². The molecule has 2 aromatic heterocycles. The van der Waals surface area contributed by atoms with Gasteiger partial charge in [-0.1, -0.05) is 6.92 Å². The molecule has 0 saturated heterocycles. The molecule has 0 fully saturated rings. The second-order valence-electron chi connectivity index (χ2n) is 4.49. The van der Waals surface area contributed by atoms with Crippen LogP contribution in [0.25, 0.3) is 11.3 Å². The van der Waals surface area contributed by atoms with Gasteiger partial charge in [0.05, 0.1) is 18.5 Å². The Hall–Kier alpha value is -2.17. The minimum absolute atomic E-state index is 0.622. The Balaban J connectivity index is 2.32. The second-order valence-corrected chi connectivity index (χ2v) is 4.49. The fourth-order valence-corrected chi connectivity index (χ4v) is 1.85. The lowest BCUT2D eigenvalue weighted by molar-refractivity contribution is 0.339. The number of pyridine rings is 1. The third kappa shape index (κ3) is 3.44. The summed E-state index contributed by atoms with van der Waals surface area (Å²) >= 11 is 0. The molecule has 0 aliphatic heterocycles. The Morgan fingerprint density at radius 2 is 2.05 bits per heavy atom. The lowest BCUT2D eigenvalue weighted by Crippen LogP contribution is -2.05. The molecule has 0 amide bonds. The standard InChI is InChI=1S/C15H20N4O/c1-4-6-17-15-18-8-11(3)14(19-15)12-7-13(20-5-2)10-16-9-12/h7-10H,4-6H2,1-3H3,(H,17,18,19). The highest BCUT2D eigenvalue weighted by atomic mass is 16.5. The average molecular weight is 272 g/mol. The molecule has 2 aromatic rings. The van der Waals surface area contributed by atoms with Crippen molar-refractivity contribution in [1.82, 2.24) is 15.0 Å². The van der Waals surface area contributed by atoms with Crippen molar-refractivity contribution < 1.29 is 4.74 Å². The lowest BCUT2D eigenvalue weighted by Gasteiger charge is -2.09. The third-order valence-electron chi connectivity index (χ3n) is 2.80. The summed E-state index contributed by atoms with van der Waals surface area (Å²) in [5.41, 5.74) is 2.84. The van der Waals surface area contributed by atoms with Gasteiger partial charge in [-0.3, -0.25) is 4.98 Å². The van der Waals surface area contributed by atoms with Crippen LogP contribution < -0.4 is 10.1 Å². The van der Waals surface area contributed by atoms with Gasteiger partial charge in [-0.25, -0.2) is 9.97 Å². The van der Waals surface area contributed by atoms with Gasteiger partial charge >= 0.3 is 0 Å². The molecule has 2 heterocycles. The molecule has 2 rings (SSSR count). The topological polar surface area (TPSA) is 59.9 Å². The van der Waals surface area contributed by atoms with Crippen molar-refractivity contribution in [3.8, 4) is 17.0 Å². The number of aryl methyl sites for hydroxylation is 1. The van der Waals surface area contributed by atoms with E-state index < -0.39 is 0 Å². The highest BCUT2D eigenvalue weighted by Crippen LogP contribution is 2.24. The number of nitrogens with one attached hydrogen (secondary N) is 1. The maximum absolute atomic E-state index is 5.48. The third-order valence-corrected chi connectivity index (χ3v) is 2.80. The summed E-state index contributed by atoms with van der Waals surface area (Å²) in [6.45, 7) is 7.54. The predicted octanol–water partition coefficient (Wildman–Crippen LogP) is 3.07. The molecule has 0 unspecified atom stereocenters. The van der Waals surface area contributed by atoms with E-state index >= 15 is 0 Å². The summed E-state index contributed by atoms with van der Waals surface area (Å²) in [4.78, 5) is 13.1. The molecule has 0 saturated carbocycles. The summed E-state index contributed by atoms with van der Waals surface area (Å²) in [6, 6.07) is 1.95. The zero-order chi connectivity index (χ0) is 14.4. The molecule has 5 heteroatoms. The summed E-state index contributed by atoms with van der Waals surface area (Å²) in [6.07, 6.45) is 6.36. The van der Waals surface area contributed by atoms with Crippen LogP contribution in [0.2, 0.25) is 0 Å². The van der Waals surface area contributed by atoms with Crippen molar-refractivity contribution in [3.05, 3.63) is 30.2 Å². The van der Waals surface area contributed by atoms with Gasteiger partial charge < -0.3 is 10.1 Å². The van der Waals surface area contributed by atoms with Crippen LogP contribution in [0, 0.1) is 6.92 Å². The normalized spacial score (nSPS) is 10.3. The predicted molar refractivity (Wildman–Crippen MR) is 79.9 cm³/mol. The highest BCUT2D eigenvalue weighted by molar-refractivity contribution is 5.64. The van der Waals surface area contributed by atoms with Crippen LogP contribution in [0.1, 0.15) is 25.8 Å². The molecule has 0 aliphatic rings. The van der Waals surface area contributed by atoms with Gasteiger partial charge in [-0.05, 0) is 31.9 Å². The van der Waals surface area contributed by atoms with E-state index in [0.29, 0.717) is 12.6 Å². The molecular weight excluding hydrogens is 252 g/mol. The Kier molecular flexibility index (Phi) is 4.87. The summed E-state index contributed by atoms with van der Waals surface area (Å²) in [5, 5.41) is 3.20. The first kappa shape index (κ1) is 14.2. The molecule has 106 valence electrons. The maximum Gasteiger partial charge on any atom is 0.223 e. The van der Waals surface area contributed by atoms with E-state index in [1.807, 2.05) is 26.1 Å². The van der Waals surface area contributed by atoms with E-state index in [1.165, 1.54) is 0 Å². The van der Waals surface area contributed by atoms with E-state index in [1.54, 1.807) is 12.4 Å². The Bertz CT molecular complexity index is 572. The van der Waals surface area contributed by atoms with Crippen LogP contribution in [0.3, 0.4) is 0 Å². The lowest BCUT2D eigenvalue weighted by atomic mass is 10.1. The minimum Gasteiger partial charge on any atom is -0.492 e. The number of rotatable bonds is 6. The van der Waals surface area contributed by atoms with E-state index in [-0.39, 0.29) is 0 Å². The second kappa shape index (κ2) is 6.84. The van der Waals surface area contributed by atoms with Gasteiger partial charge in [-0.2, -0.15) is 0 Å². The maximum atomic E-state index is 5.48. The van der Waals surface area contributed by atoms with Crippen molar-refractivity contribution in [3.63, 3.8) is 0 Å². The van der Waals surface area contributed by atoms with E-state index in [9.17, 15) is 0 Å². The van der Waals surface area contributed by atoms with Gasteiger partial charge in [0.15, 0.2) is 0 Å². The van der Waals surface area contributed by atoms with Crippen molar-refractivity contribution in [2.75, 3.05) is 18.5 Å². The van der Waals surface area contributed by atoms with Crippen molar-refractivity contribution in [2.24, 2.45) is 0 Å². The monoisotopic (exact) mass is 272 g/mol. The van der Waals surface area contributed by atoms with Crippen molar-refractivity contribution in [1.29, 1.82) is 0 Å². The summed E-state index contributed by atoms with van der Waals surface area (Å²) in [7, 11) is 0. The first-order valence-corrected chi connectivity index (χ1v) is 6.90. The molecule has 0 spiro atoms. The first-order chi connectivity index (χ1) is 9.74. The number of anilines is 1. The van der Waals surface area contributed by atoms with Gasteiger partial charge in [0.25, 0.3) is 0 Å². The zero-order valence-electron chi connectivity index (χ0n) is 12.2. The van der Waals surface area contributed by atoms with Gasteiger partial charge in [0.2, 0.25) is 5.95 Å². The van der Waals surface area contributed by atoms with Crippen LogP contribution in [-0.4, -0.2) is 28.1 Å². The van der Waals surface area contributed by atoms with Crippen LogP contribution in [0.5, 0.6) is 5.75 Å². The average Bonchev–Trinajstić information content (AvgIpc) is 2.47. The smallest absolute Gasteiger partial charge is 0.223 e. The number of nitrogens with zero attached hydrogens (tertiary/aromatic N) is 3. The zero-order valence-corrected chi connectivity index (χ0v) is 12.2. The Labute approximate surface area is 119 Å². The minimum atomic E-state index is 0.622. The molecule has 0 aromatic carbocycles. The van der Waals surface area contributed by atoms with Crippen LogP contribution in [-0.2, 0) is 0 Å².